The Morgan fingerprint density at radius 1 is 0.848 bits per heavy atom. The predicted molar refractivity (Wildman–Crippen MR) is 122 cm³/mol. The number of hydrogen-bond acceptors (Lipinski definition) is 6. The third-order valence-corrected chi connectivity index (χ3v) is 5.56. The van der Waals surface area contributed by atoms with Crippen molar-refractivity contribution < 1.29 is 9.18 Å². The zero-order valence-corrected chi connectivity index (χ0v) is 17.9. The molecule has 1 fully saturated rings. The molecule has 166 valence electrons. The third kappa shape index (κ3) is 4.57. The van der Waals surface area contributed by atoms with Crippen molar-refractivity contribution in [3.63, 3.8) is 0 Å². The van der Waals surface area contributed by atoms with Gasteiger partial charge in [0.25, 0.3) is 0 Å². The van der Waals surface area contributed by atoms with E-state index < -0.39 is 0 Å². The van der Waals surface area contributed by atoms with Crippen LogP contribution >= 0.6 is 0 Å². The summed E-state index contributed by atoms with van der Waals surface area (Å²) in [5.74, 6) is 1.37. The maximum absolute atomic E-state index is 13.4. The Labute approximate surface area is 190 Å². The Morgan fingerprint density at radius 3 is 2.24 bits per heavy atom. The highest BCUT2D eigenvalue weighted by molar-refractivity contribution is 5.77. The highest BCUT2D eigenvalue weighted by Gasteiger charge is 2.24. The van der Waals surface area contributed by atoms with Crippen molar-refractivity contribution in [3.8, 4) is 22.8 Å². The van der Waals surface area contributed by atoms with Crippen molar-refractivity contribution in [1.29, 1.82) is 0 Å². The maximum Gasteiger partial charge on any atom is 0.244 e. The Morgan fingerprint density at radius 2 is 1.55 bits per heavy atom. The predicted octanol–water partition coefficient (Wildman–Crippen LogP) is 2.89. The van der Waals surface area contributed by atoms with Crippen molar-refractivity contribution >= 4 is 11.9 Å². The first kappa shape index (κ1) is 20.7. The number of anilines is 1. The van der Waals surface area contributed by atoms with Gasteiger partial charge in [-0.1, -0.05) is 30.3 Å². The van der Waals surface area contributed by atoms with Gasteiger partial charge in [-0.05, 0) is 30.3 Å². The summed E-state index contributed by atoms with van der Waals surface area (Å²) in [6.45, 7) is 2.56. The largest absolute Gasteiger partial charge is 0.338 e. The van der Waals surface area contributed by atoms with Gasteiger partial charge in [0.1, 0.15) is 12.4 Å². The molecule has 9 heteroatoms. The van der Waals surface area contributed by atoms with E-state index in [1.165, 1.54) is 12.1 Å². The zero-order valence-electron chi connectivity index (χ0n) is 17.9. The Hall–Kier alpha value is -4.14. The first-order valence-corrected chi connectivity index (χ1v) is 10.7. The smallest absolute Gasteiger partial charge is 0.244 e. The first-order valence-electron chi connectivity index (χ1n) is 10.7. The lowest BCUT2D eigenvalue weighted by molar-refractivity contribution is -0.132. The van der Waals surface area contributed by atoms with E-state index >= 15 is 0 Å². The molecule has 3 heterocycles. The van der Waals surface area contributed by atoms with Crippen LogP contribution in [-0.4, -0.2) is 61.7 Å². The molecule has 0 aliphatic carbocycles. The van der Waals surface area contributed by atoms with Gasteiger partial charge in [0, 0.05) is 49.7 Å². The van der Waals surface area contributed by atoms with Gasteiger partial charge in [0.15, 0.2) is 11.6 Å². The van der Waals surface area contributed by atoms with E-state index in [1.807, 2.05) is 35.2 Å². The number of piperazine rings is 1. The van der Waals surface area contributed by atoms with Gasteiger partial charge in [0.2, 0.25) is 11.9 Å². The van der Waals surface area contributed by atoms with E-state index in [0.29, 0.717) is 49.3 Å². The molecule has 0 spiro atoms. The van der Waals surface area contributed by atoms with E-state index in [9.17, 15) is 9.18 Å². The van der Waals surface area contributed by atoms with Crippen molar-refractivity contribution in [3.05, 3.63) is 78.9 Å². The maximum atomic E-state index is 13.4. The second kappa shape index (κ2) is 9.15. The minimum absolute atomic E-state index is 0.0311. The van der Waals surface area contributed by atoms with Crippen molar-refractivity contribution in [1.82, 2.24) is 29.6 Å². The Bertz CT molecular complexity index is 1220. The van der Waals surface area contributed by atoms with Gasteiger partial charge in [-0.25, -0.2) is 24.0 Å². The van der Waals surface area contributed by atoms with Gasteiger partial charge in [-0.3, -0.25) is 4.79 Å². The summed E-state index contributed by atoms with van der Waals surface area (Å²) < 4.78 is 15.0. The van der Waals surface area contributed by atoms with Gasteiger partial charge in [0.05, 0.1) is 0 Å². The molecule has 4 aromatic rings. The van der Waals surface area contributed by atoms with Gasteiger partial charge >= 0.3 is 0 Å². The highest BCUT2D eigenvalue weighted by atomic mass is 19.1. The number of aromatic nitrogens is 5. The van der Waals surface area contributed by atoms with Crippen molar-refractivity contribution in [2.45, 2.75) is 6.54 Å². The van der Waals surface area contributed by atoms with E-state index in [-0.39, 0.29) is 18.3 Å². The third-order valence-electron chi connectivity index (χ3n) is 5.56. The molecule has 0 radical (unpaired) electrons. The van der Waals surface area contributed by atoms with Crippen molar-refractivity contribution in [2.75, 3.05) is 31.1 Å². The molecule has 0 unspecified atom stereocenters. The fraction of sp³-hybridized carbons (Fsp3) is 0.208. The topological polar surface area (TPSA) is 80.0 Å². The Kier molecular flexibility index (Phi) is 5.75. The first-order chi connectivity index (χ1) is 16.2. The van der Waals surface area contributed by atoms with Gasteiger partial charge < -0.3 is 9.80 Å². The van der Waals surface area contributed by atoms with Crippen LogP contribution < -0.4 is 4.90 Å². The molecule has 1 aliphatic rings. The van der Waals surface area contributed by atoms with E-state index in [0.717, 1.165) is 5.56 Å². The molecule has 0 N–H and O–H groups in total. The lowest BCUT2D eigenvalue weighted by Crippen LogP contribution is -2.50. The zero-order chi connectivity index (χ0) is 22.6. The summed E-state index contributed by atoms with van der Waals surface area (Å²) in [6, 6.07) is 17.4. The van der Waals surface area contributed by atoms with Crippen LogP contribution in [0.1, 0.15) is 0 Å². The summed E-state index contributed by atoms with van der Waals surface area (Å²) in [5.41, 5.74) is 1.55. The average molecular weight is 443 g/mol. The average Bonchev–Trinajstić information content (AvgIpc) is 3.29. The van der Waals surface area contributed by atoms with Crippen LogP contribution in [0.2, 0.25) is 0 Å². The fourth-order valence-corrected chi connectivity index (χ4v) is 3.81. The summed E-state index contributed by atoms with van der Waals surface area (Å²) in [4.78, 5) is 30.3. The van der Waals surface area contributed by atoms with Crippen LogP contribution in [0.5, 0.6) is 0 Å². The van der Waals surface area contributed by atoms with Gasteiger partial charge in [-0.15, -0.1) is 5.10 Å². The van der Waals surface area contributed by atoms with E-state index in [4.69, 9.17) is 0 Å². The number of carbonyl (C=O) groups is 1. The fourth-order valence-electron chi connectivity index (χ4n) is 3.81. The Balaban J connectivity index is 1.35. The number of nitrogens with zero attached hydrogens (tertiary/aromatic N) is 7. The molecular weight excluding hydrogens is 421 g/mol. The van der Waals surface area contributed by atoms with Crippen LogP contribution in [0.25, 0.3) is 22.8 Å². The molecule has 33 heavy (non-hydrogen) atoms. The number of carbonyl (C=O) groups excluding carboxylic acids is 1. The molecular formula is C24H22FN7O. The van der Waals surface area contributed by atoms with Crippen LogP contribution in [-0.2, 0) is 11.3 Å². The lowest BCUT2D eigenvalue weighted by Gasteiger charge is -2.34. The molecule has 1 saturated heterocycles. The number of benzene rings is 2. The number of rotatable bonds is 5. The minimum Gasteiger partial charge on any atom is -0.338 e. The molecule has 0 saturated carbocycles. The summed E-state index contributed by atoms with van der Waals surface area (Å²) in [6.07, 6.45) is 3.43. The minimum atomic E-state index is -0.323. The van der Waals surface area contributed by atoms with Crippen LogP contribution in [0.4, 0.5) is 10.3 Å². The van der Waals surface area contributed by atoms with Gasteiger partial charge in [-0.2, -0.15) is 0 Å². The van der Waals surface area contributed by atoms with Crippen LogP contribution in [0.3, 0.4) is 0 Å². The molecule has 2 aromatic heterocycles. The standard InChI is InChI=1S/C24H22FN7O/c25-20-9-7-18(8-10-20)22-28-23(19-5-2-1-3-6-19)32(29-22)17-21(33)30-13-15-31(16-14-30)24-26-11-4-12-27-24/h1-12H,13-17H2. The summed E-state index contributed by atoms with van der Waals surface area (Å²) in [7, 11) is 0. The molecule has 5 rings (SSSR count). The molecule has 2 aromatic carbocycles. The number of halogens is 1. The second-order valence-electron chi connectivity index (χ2n) is 7.71. The SMILES string of the molecule is O=C(Cn1nc(-c2ccc(F)cc2)nc1-c1ccccc1)N1CCN(c2ncccn2)CC1. The number of amides is 1. The summed E-state index contributed by atoms with van der Waals surface area (Å²) in [5, 5.41) is 4.59. The molecule has 0 bridgehead atoms. The summed E-state index contributed by atoms with van der Waals surface area (Å²) >= 11 is 0. The molecule has 1 aliphatic heterocycles. The van der Waals surface area contributed by atoms with E-state index in [1.54, 1.807) is 35.3 Å². The van der Waals surface area contributed by atoms with E-state index in [2.05, 4.69) is 25.0 Å². The van der Waals surface area contributed by atoms with Crippen LogP contribution in [0, 0.1) is 5.82 Å². The number of hydrogen-bond donors (Lipinski definition) is 0. The monoisotopic (exact) mass is 443 g/mol. The molecule has 1 amide bonds. The molecule has 8 nitrogen and oxygen atoms in total. The van der Waals surface area contributed by atoms with Crippen LogP contribution in [0.15, 0.2) is 73.1 Å². The lowest BCUT2D eigenvalue weighted by atomic mass is 10.2. The molecule has 0 atom stereocenters. The second-order valence-corrected chi connectivity index (χ2v) is 7.71. The van der Waals surface area contributed by atoms with Crippen molar-refractivity contribution in [2.24, 2.45) is 0 Å². The quantitative estimate of drug-likeness (QED) is 0.472. The normalized spacial score (nSPS) is 13.8. The highest BCUT2D eigenvalue weighted by Crippen LogP contribution is 2.23.